The lowest BCUT2D eigenvalue weighted by Crippen LogP contribution is -2.35. The van der Waals surface area contributed by atoms with Crippen molar-refractivity contribution in [3.8, 4) is 0 Å². The maximum Gasteiger partial charge on any atom is 0.217 e. The number of carbonyl (C=O) groups is 2. The maximum absolute atomic E-state index is 10.9. The number of nitrogens with one attached hydrogen (secondary N) is 1. The molecule has 1 aliphatic heterocycles. The highest BCUT2D eigenvalue weighted by molar-refractivity contribution is 7.17. The average Bonchev–Trinajstić information content (AvgIpc) is 2.83. The Morgan fingerprint density at radius 1 is 1.62 bits per heavy atom. The summed E-state index contributed by atoms with van der Waals surface area (Å²) in [6, 6.07) is 4.03. The van der Waals surface area contributed by atoms with Crippen molar-refractivity contribution in [2.45, 2.75) is 19.4 Å². The van der Waals surface area contributed by atoms with Crippen LogP contribution in [0.1, 0.15) is 23.0 Å². The number of amides is 1. The van der Waals surface area contributed by atoms with Gasteiger partial charge in [-0.2, -0.15) is 0 Å². The van der Waals surface area contributed by atoms with Crippen molar-refractivity contribution in [1.29, 1.82) is 0 Å². The Balaban J connectivity index is 1.97. The van der Waals surface area contributed by atoms with Crippen LogP contribution in [-0.2, 0) is 4.79 Å². The minimum absolute atomic E-state index is 0.0200. The molecular weight excluding hydrogens is 224 g/mol. The Hall–Kier alpha value is -1.36. The first-order valence-electron chi connectivity index (χ1n) is 5.26. The number of anilines is 1. The van der Waals surface area contributed by atoms with Gasteiger partial charge in [0.05, 0.1) is 9.88 Å². The molecule has 0 saturated carbocycles. The minimum atomic E-state index is 0.0200. The normalized spacial score (nSPS) is 19.8. The van der Waals surface area contributed by atoms with E-state index in [0.717, 1.165) is 35.7 Å². The third kappa shape index (κ3) is 2.41. The predicted octanol–water partition coefficient (Wildman–Crippen LogP) is 1.28. The summed E-state index contributed by atoms with van der Waals surface area (Å²) in [6.45, 7) is 3.31. The van der Waals surface area contributed by atoms with Gasteiger partial charge in [-0.3, -0.25) is 9.59 Å². The van der Waals surface area contributed by atoms with Gasteiger partial charge in [-0.05, 0) is 18.6 Å². The van der Waals surface area contributed by atoms with Crippen LogP contribution in [-0.4, -0.2) is 31.3 Å². The van der Waals surface area contributed by atoms with Crippen molar-refractivity contribution in [1.82, 2.24) is 5.32 Å². The maximum atomic E-state index is 10.9. The van der Waals surface area contributed by atoms with Gasteiger partial charge in [0, 0.05) is 26.1 Å². The van der Waals surface area contributed by atoms with E-state index in [-0.39, 0.29) is 11.9 Å². The van der Waals surface area contributed by atoms with Gasteiger partial charge in [0.1, 0.15) is 0 Å². The monoisotopic (exact) mass is 238 g/mol. The number of aldehydes is 1. The molecule has 0 bridgehead atoms. The first-order valence-corrected chi connectivity index (χ1v) is 6.08. The molecule has 1 unspecified atom stereocenters. The van der Waals surface area contributed by atoms with Crippen molar-refractivity contribution >= 4 is 28.5 Å². The summed E-state index contributed by atoms with van der Waals surface area (Å²) < 4.78 is 0. The van der Waals surface area contributed by atoms with Crippen LogP contribution >= 0.6 is 11.3 Å². The fourth-order valence-corrected chi connectivity index (χ4v) is 2.80. The lowest BCUT2D eigenvalue weighted by Gasteiger charge is -2.16. The quantitative estimate of drug-likeness (QED) is 0.807. The molecule has 1 amide bonds. The summed E-state index contributed by atoms with van der Waals surface area (Å²) >= 11 is 1.50. The molecule has 16 heavy (non-hydrogen) atoms. The zero-order valence-electron chi connectivity index (χ0n) is 9.10. The van der Waals surface area contributed by atoms with Gasteiger partial charge in [-0.1, -0.05) is 0 Å². The van der Waals surface area contributed by atoms with Gasteiger partial charge in [0.25, 0.3) is 0 Å². The van der Waals surface area contributed by atoms with Crippen LogP contribution in [0.25, 0.3) is 0 Å². The molecule has 0 radical (unpaired) electrons. The van der Waals surface area contributed by atoms with Crippen LogP contribution in [0.2, 0.25) is 0 Å². The van der Waals surface area contributed by atoms with Crippen molar-refractivity contribution in [2.75, 3.05) is 18.0 Å². The van der Waals surface area contributed by atoms with Gasteiger partial charge in [0.15, 0.2) is 6.29 Å². The lowest BCUT2D eigenvalue weighted by molar-refractivity contribution is -0.119. The van der Waals surface area contributed by atoms with E-state index >= 15 is 0 Å². The Kier molecular flexibility index (Phi) is 3.24. The van der Waals surface area contributed by atoms with Crippen LogP contribution in [0, 0.1) is 0 Å². The molecule has 0 aliphatic carbocycles. The summed E-state index contributed by atoms with van der Waals surface area (Å²) in [5.41, 5.74) is 0. The van der Waals surface area contributed by atoms with E-state index < -0.39 is 0 Å². The average molecular weight is 238 g/mol. The highest BCUT2D eigenvalue weighted by Gasteiger charge is 2.23. The molecule has 1 N–H and O–H groups in total. The van der Waals surface area contributed by atoms with Crippen LogP contribution in [0.3, 0.4) is 0 Å². The number of hydrogen-bond donors (Lipinski definition) is 1. The summed E-state index contributed by atoms with van der Waals surface area (Å²) in [4.78, 5) is 24.5. The SMILES string of the molecule is CC(=O)NC1CCN(c2ccc(C=O)s2)C1. The molecule has 1 aliphatic rings. The fraction of sp³-hybridized carbons (Fsp3) is 0.455. The summed E-state index contributed by atoms with van der Waals surface area (Å²) in [5.74, 6) is 0.0200. The molecule has 1 aromatic rings. The summed E-state index contributed by atoms with van der Waals surface area (Å²) in [6.07, 6.45) is 1.84. The van der Waals surface area contributed by atoms with Crippen molar-refractivity contribution in [3.63, 3.8) is 0 Å². The molecular formula is C11H14N2O2S. The molecule has 1 fully saturated rings. The summed E-state index contributed by atoms with van der Waals surface area (Å²) in [5, 5.41) is 4.02. The van der Waals surface area contributed by atoms with Crippen molar-refractivity contribution in [2.24, 2.45) is 0 Å². The first kappa shape index (κ1) is 11.1. The second-order valence-electron chi connectivity index (χ2n) is 3.93. The van der Waals surface area contributed by atoms with Gasteiger partial charge in [-0.25, -0.2) is 0 Å². The minimum Gasteiger partial charge on any atom is -0.361 e. The fourth-order valence-electron chi connectivity index (χ4n) is 1.94. The Morgan fingerprint density at radius 3 is 3.06 bits per heavy atom. The standard InChI is InChI=1S/C11H14N2O2S/c1-8(15)12-9-4-5-13(6-9)11-3-2-10(7-14)16-11/h2-3,7,9H,4-6H2,1H3,(H,12,15). The Bertz CT molecular complexity index is 402. The number of carbonyl (C=O) groups excluding carboxylic acids is 2. The zero-order valence-corrected chi connectivity index (χ0v) is 9.92. The number of nitrogens with zero attached hydrogens (tertiary/aromatic N) is 1. The molecule has 1 aromatic heterocycles. The van der Waals surface area contributed by atoms with E-state index in [1.807, 2.05) is 12.1 Å². The Labute approximate surface area is 98.3 Å². The lowest BCUT2D eigenvalue weighted by atomic mass is 10.3. The van der Waals surface area contributed by atoms with E-state index in [9.17, 15) is 9.59 Å². The Morgan fingerprint density at radius 2 is 2.44 bits per heavy atom. The van der Waals surface area contributed by atoms with Gasteiger partial charge < -0.3 is 10.2 Å². The van der Waals surface area contributed by atoms with Crippen molar-refractivity contribution < 1.29 is 9.59 Å². The molecule has 2 heterocycles. The van der Waals surface area contributed by atoms with E-state index in [4.69, 9.17) is 0 Å². The third-order valence-corrected chi connectivity index (χ3v) is 3.71. The predicted molar refractivity (Wildman–Crippen MR) is 64.1 cm³/mol. The number of rotatable bonds is 3. The van der Waals surface area contributed by atoms with Gasteiger partial charge in [0.2, 0.25) is 5.91 Å². The molecule has 86 valence electrons. The van der Waals surface area contributed by atoms with Gasteiger partial charge >= 0.3 is 0 Å². The highest BCUT2D eigenvalue weighted by atomic mass is 32.1. The van der Waals surface area contributed by atoms with Crippen LogP contribution < -0.4 is 10.2 Å². The van der Waals surface area contributed by atoms with Crippen LogP contribution in [0.4, 0.5) is 5.00 Å². The molecule has 0 spiro atoms. The second-order valence-corrected chi connectivity index (χ2v) is 5.02. The largest absolute Gasteiger partial charge is 0.361 e. The number of thiophene rings is 1. The van der Waals surface area contributed by atoms with E-state index in [0.29, 0.717) is 0 Å². The molecule has 5 heteroatoms. The molecule has 0 aromatic carbocycles. The van der Waals surface area contributed by atoms with Crippen LogP contribution in [0.5, 0.6) is 0 Å². The first-order chi connectivity index (χ1) is 7.69. The topological polar surface area (TPSA) is 49.4 Å². The zero-order chi connectivity index (χ0) is 11.5. The second kappa shape index (κ2) is 4.65. The molecule has 2 rings (SSSR count). The van der Waals surface area contributed by atoms with E-state index in [1.165, 1.54) is 18.3 Å². The van der Waals surface area contributed by atoms with Crippen molar-refractivity contribution in [3.05, 3.63) is 17.0 Å². The van der Waals surface area contributed by atoms with E-state index in [2.05, 4.69) is 10.2 Å². The molecule has 4 nitrogen and oxygen atoms in total. The van der Waals surface area contributed by atoms with Gasteiger partial charge in [-0.15, -0.1) is 11.3 Å². The number of hydrogen-bond acceptors (Lipinski definition) is 4. The van der Waals surface area contributed by atoms with E-state index in [1.54, 1.807) is 0 Å². The highest BCUT2D eigenvalue weighted by Crippen LogP contribution is 2.28. The van der Waals surface area contributed by atoms with Crippen LogP contribution in [0.15, 0.2) is 12.1 Å². The summed E-state index contributed by atoms with van der Waals surface area (Å²) in [7, 11) is 0. The third-order valence-electron chi connectivity index (χ3n) is 2.64. The molecule has 1 atom stereocenters. The molecule has 1 saturated heterocycles. The smallest absolute Gasteiger partial charge is 0.217 e.